The molecule has 0 spiro atoms. The van der Waals surface area contributed by atoms with Crippen molar-refractivity contribution in [1.29, 1.82) is 0 Å². The summed E-state index contributed by atoms with van der Waals surface area (Å²) in [5, 5.41) is 6.32. The number of amides is 2. The molecule has 1 aliphatic rings. The fraction of sp³-hybridized carbons (Fsp3) is 0.273. The molecular formula is C22H21FN4O3. The average molecular weight is 408 g/mol. The topological polar surface area (TPSA) is 93.1 Å². The Hall–Kier alpha value is -3.55. The number of aryl methyl sites for hydroxylation is 1. The highest BCUT2D eigenvalue weighted by atomic mass is 19.1. The van der Waals surface area contributed by atoms with E-state index in [4.69, 9.17) is 0 Å². The van der Waals surface area contributed by atoms with Gasteiger partial charge in [0.05, 0.1) is 29.3 Å². The fourth-order valence-corrected chi connectivity index (χ4v) is 3.71. The van der Waals surface area contributed by atoms with E-state index in [-0.39, 0.29) is 42.2 Å². The number of piperidine rings is 1. The van der Waals surface area contributed by atoms with Crippen LogP contribution in [-0.4, -0.2) is 27.4 Å². The molecule has 7 nitrogen and oxygen atoms in total. The molecule has 154 valence electrons. The number of hydrogen-bond donors (Lipinski definition) is 2. The van der Waals surface area contributed by atoms with E-state index in [0.29, 0.717) is 23.7 Å². The zero-order valence-electron chi connectivity index (χ0n) is 16.2. The highest BCUT2D eigenvalue weighted by molar-refractivity contribution is 5.80. The summed E-state index contributed by atoms with van der Waals surface area (Å²) in [6.45, 7) is 0.197. The molecule has 3 aromatic rings. The van der Waals surface area contributed by atoms with Gasteiger partial charge in [0.25, 0.3) is 5.56 Å². The molecule has 1 saturated heterocycles. The average Bonchev–Trinajstić information content (AvgIpc) is 2.75. The van der Waals surface area contributed by atoms with Crippen molar-refractivity contribution in [2.45, 2.75) is 37.9 Å². The number of carbonyl (C=O) groups excluding carboxylic acids is 2. The summed E-state index contributed by atoms with van der Waals surface area (Å²) in [5.41, 5.74) is 1.15. The van der Waals surface area contributed by atoms with Crippen molar-refractivity contribution in [2.24, 2.45) is 0 Å². The lowest BCUT2D eigenvalue weighted by Gasteiger charge is -2.33. The number of fused-ring (bicyclic) bond motifs is 1. The number of nitrogens with zero attached hydrogens (tertiary/aromatic N) is 2. The van der Waals surface area contributed by atoms with Gasteiger partial charge in [-0.2, -0.15) is 0 Å². The fourth-order valence-electron chi connectivity index (χ4n) is 3.71. The first kappa shape index (κ1) is 19.8. The van der Waals surface area contributed by atoms with Gasteiger partial charge in [0.1, 0.15) is 5.82 Å². The third kappa shape index (κ3) is 4.22. The van der Waals surface area contributed by atoms with E-state index in [1.165, 1.54) is 23.0 Å². The zero-order valence-corrected chi connectivity index (χ0v) is 16.2. The Bertz CT molecular complexity index is 1140. The van der Waals surface area contributed by atoms with Gasteiger partial charge in [0.2, 0.25) is 11.8 Å². The molecule has 2 amide bonds. The number of rotatable bonds is 5. The van der Waals surface area contributed by atoms with E-state index < -0.39 is 6.04 Å². The van der Waals surface area contributed by atoms with Crippen molar-refractivity contribution >= 4 is 22.7 Å². The minimum absolute atomic E-state index is 0.0977. The number of benzene rings is 2. The second-order valence-electron chi connectivity index (χ2n) is 7.32. The predicted molar refractivity (Wildman–Crippen MR) is 109 cm³/mol. The molecule has 2 atom stereocenters. The van der Waals surface area contributed by atoms with E-state index in [2.05, 4.69) is 15.6 Å². The number of nitrogens with one attached hydrogen (secondary N) is 2. The monoisotopic (exact) mass is 408 g/mol. The third-order valence-electron chi connectivity index (χ3n) is 5.29. The van der Waals surface area contributed by atoms with Crippen LogP contribution in [0.25, 0.3) is 10.9 Å². The largest absolute Gasteiger partial charge is 0.351 e. The molecule has 1 fully saturated rings. The van der Waals surface area contributed by atoms with Crippen LogP contribution >= 0.6 is 0 Å². The summed E-state index contributed by atoms with van der Waals surface area (Å²) in [6, 6.07) is 12.2. The van der Waals surface area contributed by atoms with E-state index in [1.54, 1.807) is 30.3 Å². The maximum Gasteiger partial charge on any atom is 0.261 e. The van der Waals surface area contributed by atoms with Crippen LogP contribution in [-0.2, 0) is 16.1 Å². The summed E-state index contributed by atoms with van der Waals surface area (Å²) in [6.07, 6.45) is 2.33. The molecule has 8 heteroatoms. The quantitative estimate of drug-likeness (QED) is 0.676. The first-order valence-electron chi connectivity index (χ1n) is 9.79. The summed E-state index contributed by atoms with van der Waals surface area (Å²) in [4.78, 5) is 41.2. The van der Waals surface area contributed by atoms with E-state index in [1.807, 2.05) is 6.07 Å². The highest BCUT2D eigenvalue weighted by Gasteiger charge is 2.31. The van der Waals surface area contributed by atoms with Crippen molar-refractivity contribution in [2.75, 3.05) is 0 Å². The van der Waals surface area contributed by atoms with Gasteiger partial charge in [-0.05, 0) is 36.2 Å². The minimum atomic E-state index is -0.430. The molecule has 0 bridgehead atoms. The van der Waals surface area contributed by atoms with Crippen LogP contribution in [0.15, 0.2) is 59.7 Å². The van der Waals surface area contributed by atoms with Crippen LogP contribution < -0.4 is 16.2 Å². The van der Waals surface area contributed by atoms with Gasteiger partial charge in [-0.3, -0.25) is 19.0 Å². The number of aromatic nitrogens is 2. The third-order valence-corrected chi connectivity index (χ3v) is 5.29. The van der Waals surface area contributed by atoms with Crippen LogP contribution in [0, 0.1) is 5.82 Å². The van der Waals surface area contributed by atoms with Gasteiger partial charge in [0.15, 0.2) is 0 Å². The molecule has 0 unspecified atom stereocenters. The van der Waals surface area contributed by atoms with Gasteiger partial charge in [0, 0.05) is 19.4 Å². The first-order chi connectivity index (χ1) is 14.5. The van der Waals surface area contributed by atoms with Gasteiger partial charge >= 0.3 is 0 Å². The molecule has 0 aliphatic carbocycles. The smallest absolute Gasteiger partial charge is 0.261 e. The molecular weight excluding hydrogens is 387 g/mol. The number of para-hydroxylation sites is 1. The SMILES string of the molecule is O=C(CCn1cnc2ccccc2c1=O)N[C@H]1CCC(=O)N[C@H]1c1ccc(F)cc1. The molecule has 4 rings (SSSR count). The second-order valence-corrected chi connectivity index (χ2v) is 7.32. The number of carbonyl (C=O) groups is 2. The lowest BCUT2D eigenvalue weighted by Crippen LogP contribution is -2.50. The van der Waals surface area contributed by atoms with E-state index in [0.717, 1.165) is 5.56 Å². The molecule has 1 aliphatic heterocycles. The molecule has 2 heterocycles. The van der Waals surface area contributed by atoms with Crippen LogP contribution in [0.4, 0.5) is 4.39 Å². The van der Waals surface area contributed by atoms with Crippen molar-refractivity contribution in [3.8, 4) is 0 Å². The lowest BCUT2D eigenvalue weighted by molar-refractivity contribution is -0.127. The Morgan fingerprint density at radius 3 is 2.73 bits per heavy atom. The Morgan fingerprint density at radius 1 is 1.17 bits per heavy atom. The molecule has 30 heavy (non-hydrogen) atoms. The molecule has 2 N–H and O–H groups in total. The van der Waals surface area contributed by atoms with Gasteiger partial charge < -0.3 is 10.6 Å². The van der Waals surface area contributed by atoms with Gasteiger partial charge in [-0.25, -0.2) is 9.37 Å². The van der Waals surface area contributed by atoms with Gasteiger partial charge in [-0.1, -0.05) is 24.3 Å². The highest BCUT2D eigenvalue weighted by Crippen LogP contribution is 2.24. The zero-order chi connectivity index (χ0) is 21.1. The van der Waals surface area contributed by atoms with Gasteiger partial charge in [-0.15, -0.1) is 0 Å². The van der Waals surface area contributed by atoms with Crippen LogP contribution in [0.3, 0.4) is 0 Å². The summed E-state index contributed by atoms with van der Waals surface area (Å²) in [5.74, 6) is -0.706. The molecule has 2 aromatic carbocycles. The Kier molecular flexibility index (Phi) is 5.56. The normalized spacial score (nSPS) is 18.8. The number of halogens is 1. The summed E-state index contributed by atoms with van der Waals surface area (Å²) < 4.78 is 14.7. The molecule has 0 saturated carbocycles. The summed E-state index contributed by atoms with van der Waals surface area (Å²) >= 11 is 0. The standard InChI is InChI=1S/C22H21FN4O3/c23-15-7-5-14(6-8-15)21-18(9-10-19(28)26-21)25-20(29)11-12-27-13-24-17-4-2-1-3-16(17)22(27)30/h1-8,13,18,21H,9-12H2,(H,25,29)(H,26,28)/t18-,21-/m0/s1. The van der Waals surface area contributed by atoms with Crippen molar-refractivity contribution in [3.05, 3.63) is 76.6 Å². The minimum Gasteiger partial charge on any atom is -0.351 e. The maximum absolute atomic E-state index is 13.2. The van der Waals surface area contributed by atoms with E-state index in [9.17, 15) is 18.8 Å². The maximum atomic E-state index is 13.2. The van der Waals surface area contributed by atoms with E-state index >= 15 is 0 Å². The van der Waals surface area contributed by atoms with Crippen LogP contribution in [0.1, 0.15) is 30.9 Å². The molecule has 1 aromatic heterocycles. The Balaban J connectivity index is 1.43. The van der Waals surface area contributed by atoms with Crippen molar-refractivity contribution in [1.82, 2.24) is 20.2 Å². The summed E-state index contributed by atoms with van der Waals surface area (Å²) in [7, 11) is 0. The van der Waals surface area contributed by atoms with Crippen LogP contribution in [0.2, 0.25) is 0 Å². The van der Waals surface area contributed by atoms with Crippen molar-refractivity contribution < 1.29 is 14.0 Å². The molecule has 0 radical (unpaired) electrons. The van der Waals surface area contributed by atoms with Crippen molar-refractivity contribution in [3.63, 3.8) is 0 Å². The van der Waals surface area contributed by atoms with Crippen LogP contribution in [0.5, 0.6) is 0 Å². The Labute approximate surface area is 171 Å². The lowest BCUT2D eigenvalue weighted by atomic mass is 9.92. The second kappa shape index (κ2) is 8.44. The predicted octanol–water partition coefficient (Wildman–Crippen LogP) is 2.06. The number of hydrogen-bond acceptors (Lipinski definition) is 4. The first-order valence-corrected chi connectivity index (χ1v) is 9.79. The Morgan fingerprint density at radius 2 is 1.93 bits per heavy atom.